The molecule has 0 aromatic heterocycles. The predicted octanol–water partition coefficient (Wildman–Crippen LogP) is 5.69. The lowest BCUT2D eigenvalue weighted by molar-refractivity contribution is -0.115. The molecule has 0 radical (unpaired) electrons. The number of thioether (sulfide) groups is 1. The van der Waals surface area contributed by atoms with Gasteiger partial charge in [-0.1, -0.05) is 48.0 Å². The summed E-state index contributed by atoms with van der Waals surface area (Å²) >= 11 is 4.98. The van der Waals surface area contributed by atoms with Crippen molar-refractivity contribution >= 4 is 39.3 Å². The van der Waals surface area contributed by atoms with Crippen LogP contribution in [0, 0.1) is 0 Å². The summed E-state index contributed by atoms with van der Waals surface area (Å²) in [5.74, 6) is 0.409. The average Bonchev–Trinajstić information content (AvgIpc) is 2.49. The van der Waals surface area contributed by atoms with E-state index in [4.69, 9.17) is 0 Å². The minimum Gasteiger partial charge on any atom is -0.325 e. The molecule has 1 atom stereocenters. The first-order chi connectivity index (χ1) is 10.5. The molecule has 2 nitrogen and oxygen atoms in total. The summed E-state index contributed by atoms with van der Waals surface area (Å²) in [7, 11) is 0. The molecule has 0 heterocycles. The van der Waals surface area contributed by atoms with Crippen molar-refractivity contribution in [1.82, 2.24) is 0 Å². The fourth-order valence-electron chi connectivity index (χ4n) is 2.12. The second kappa shape index (κ2) is 7.84. The van der Waals surface area contributed by atoms with Crippen molar-refractivity contribution in [2.24, 2.45) is 0 Å². The van der Waals surface area contributed by atoms with E-state index >= 15 is 0 Å². The molecule has 0 bridgehead atoms. The number of benzene rings is 2. The maximum absolute atomic E-state index is 12.4. The Kier molecular flexibility index (Phi) is 6.09. The van der Waals surface area contributed by atoms with E-state index in [-0.39, 0.29) is 11.2 Å². The van der Waals surface area contributed by atoms with Crippen molar-refractivity contribution in [3.8, 4) is 0 Å². The van der Waals surface area contributed by atoms with Gasteiger partial charge in [-0.05, 0) is 48.7 Å². The summed E-state index contributed by atoms with van der Waals surface area (Å²) in [5, 5.41) is 2.90. The van der Waals surface area contributed by atoms with E-state index in [9.17, 15) is 4.79 Å². The minimum atomic E-state index is -0.151. The molecule has 0 aliphatic heterocycles. The summed E-state index contributed by atoms with van der Waals surface area (Å²) in [6, 6.07) is 16.0. The third-order valence-corrected chi connectivity index (χ3v) is 4.98. The molecule has 1 amide bonds. The van der Waals surface area contributed by atoms with E-state index in [2.05, 4.69) is 41.2 Å². The lowest BCUT2D eigenvalue weighted by Gasteiger charge is -2.16. The molecule has 2 aromatic rings. The van der Waals surface area contributed by atoms with Gasteiger partial charge in [0, 0.05) is 15.1 Å². The van der Waals surface area contributed by atoms with Crippen LogP contribution in [0.5, 0.6) is 0 Å². The number of para-hydroxylation sites is 1. The van der Waals surface area contributed by atoms with Crippen LogP contribution in [0.4, 0.5) is 5.69 Å². The minimum absolute atomic E-state index is 0.0287. The molecular weight excluding hydrogens is 358 g/mol. The number of hydrogen-bond donors (Lipinski definition) is 1. The van der Waals surface area contributed by atoms with Crippen LogP contribution < -0.4 is 5.32 Å². The summed E-state index contributed by atoms with van der Waals surface area (Å²) in [6.07, 6.45) is 0. The zero-order valence-electron chi connectivity index (χ0n) is 13.0. The standard InChI is InChI=1S/C18H20BrNOS/c1-12(2)16-6-4-5-7-17(16)20-18(21)13(3)22-15-10-8-14(19)9-11-15/h4-13H,1-3H3,(H,20,21). The number of rotatable bonds is 5. The molecule has 0 saturated carbocycles. The van der Waals surface area contributed by atoms with Crippen LogP contribution in [0.25, 0.3) is 0 Å². The van der Waals surface area contributed by atoms with Crippen molar-refractivity contribution in [2.75, 3.05) is 5.32 Å². The molecule has 0 saturated heterocycles. The SMILES string of the molecule is CC(Sc1ccc(Br)cc1)C(=O)Nc1ccccc1C(C)C. The van der Waals surface area contributed by atoms with Gasteiger partial charge in [0.1, 0.15) is 0 Å². The second-order valence-electron chi connectivity index (χ2n) is 5.45. The van der Waals surface area contributed by atoms with Crippen LogP contribution in [-0.4, -0.2) is 11.2 Å². The van der Waals surface area contributed by atoms with Crippen LogP contribution in [-0.2, 0) is 4.79 Å². The summed E-state index contributed by atoms with van der Waals surface area (Å²) < 4.78 is 1.04. The van der Waals surface area contributed by atoms with E-state index < -0.39 is 0 Å². The van der Waals surface area contributed by atoms with Gasteiger partial charge in [-0.3, -0.25) is 4.79 Å². The molecule has 22 heavy (non-hydrogen) atoms. The van der Waals surface area contributed by atoms with Gasteiger partial charge >= 0.3 is 0 Å². The molecule has 116 valence electrons. The third kappa shape index (κ3) is 4.62. The quantitative estimate of drug-likeness (QED) is 0.677. The zero-order chi connectivity index (χ0) is 16.1. The number of carbonyl (C=O) groups excluding carboxylic acids is 1. The molecule has 0 spiro atoms. The second-order valence-corrected chi connectivity index (χ2v) is 7.78. The molecule has 0 aliphatic rings. The average molecular weight is 378 g/mol. The maximum atomic E-state index is 12.4. The van der Waals surface area contributed by atoms with E-state index in [1.165, 1.54) is 0 Å². The van der Waals surface area contributed by atoms with Gasteiger partial charge in [0.2, 0.25) is 5.91 Å². The number of hydrogen-bond acceptors (Lipinski definition) is 2. The first-order valence-electron chi connectivity index (χ1n) is 7.29. The normalized spacial score (nSPS) is 12.2. The Morgan fingerprint density at radius 1 is 1.05 bits per heavy atom. The van der Waals surface area contributed by atoms with Gasteiger partial charge in [0.25, 0.3) is 0 Å². The number of carbonyl (C=O) groups is 1. The summed E-state index contributed by atoms with van der Waals surface area (Å²) in [5.41, 5.74) is 2.07. The number of amides is 1. The van der Waals surface area contributed by atoms with Gasteiger partial charge < -0.3 is 5.32 Å². The molecule has 4 heteroatoms. The maximum Gasteiger partial charge on any atom is 0.237 e. The summed E-state index contributed by atoms with van der Waals surface area (Å²) in [6.45, 7) is 6.19. The van der Waals surface area contributed by atoms with Crippen molar-refractivity contribution in [1.29, 1.82) is 0 Å². The van der Waals surface area contributed by atoms with Crippen molar-refractivity contribution in [2.45, 2.75) is 36.8 Å². The molecule has 2 rings (SSSR count). The third-order valence-electron chi connectivity index (χ3n) is 3.34. The van der Waals surface area contributed by atoms with Crippen LogP contribution >= 0.6 is 27.7 Å². The van der Waals surface area contributed by atoms with Crippen LogP contribution in [0.3, 0.4) is 0 Å². The molecular formula is C18H20BrNOS. The van der Waals surface area contributed by atoms with E-state index in [0.717, 1.165) is 20.6 Å². The number of nitrogens with one attached hydrogen (secondary N) is 1. The largest absolute Gasteiger partial charge is 0.325 e. The van der Waals surface area contributed by atoms with Crippen LogP contribution in [0.2, 0.25) is 0 Å². The van der Waals surface area contributed by atoms with Gasteiger partial charge in [0.05, 0.1) is 5.25 Å². The van der Waals surface area contributed by atoms with Crippen molar-refractivity contribution in [3.63, 3.8) is 0 Å². The monoisotopic (exact) mass is 377 g/mol. The fourth-order valence-corrected chi connectivity index (χ4v) is 3.25. The first kappa shape index (κ1) is 17.1. The highest BCUT2D eigenvalue weighted by atomic mass is 79.9. The van der Waals surface area contributed by atoms with Crippen LogP contribution in [0.1, 0.15) is 32.3 Å². The van der Waals surface area contributed by atoms with E-state index in [0.29, 0.717) is 5.92 Å². The van der Waals surface area contributed by atoms with Crippen molar-refractivity contribution in [3.05, 3.63) is 58.6 Å². The Balaban J connectivity index is 2.04. The lowest BCUT2D eigenvalue weighted by Crippen LogP contribution is -2.23. The molecule has 0 aliphatic carbocycles. The first-order valence-corrected chi connectivity index (χ1v) is 8.96. The fraction of sp³-hybridized carbons (Fsp3) is 0.278. The van der Waals surface area contributed by atoms with E-state index in [1.807, 2.05) is 49.4 Å². The highest BCUT2D eigenvalue weighted by Crippen LogP contribution is 2.27. The van der Waals surface area contributed by atoms with Crippen LogP contribution in [0.15, 0.2) is 57.9 Å². The molecule has 1 unspecified atom stereocenters. The molecule has 1 N–H and O–H groups in total. The Hall–Kier alpha value is -1.26. The highest BCUT2D eigenvalue weighted by molar-refractivity contribution is 9.10. The smallest absolute Gasteiger partial charge is 0.237 e. The van der Waals surface area contributed by atoms with Gasteiger partial charge in [-0.2, -0.15) is 0 Å². The van der Waals surface area contributed by atoms with Gasteiger partial charge in [-0.25, -0.2) is 0 Å². The molecule has 2 aromatic carbocycles. The lowest BCUT2D eigenvalue weighted by atomic mass is 10.0. The summed E-state index contributed by atoms with van der Waals surface area (Å²) in [4.78, 5) is 13.5. The topological polar surface area (TPSA) is 29.1 Å². The van der Waals surface area contributed by atoms with Gasteiger partial charge in [0.15, 0.2) is 0 Å². The number of halogens is 1. The van der Waals surface area contributed by atoms with E-state index in [1.54, 1.807) is 11.8 Å². The Morgan fingerprint density at radius 3 is 2.32 bits per heavy atom. The zero-order valence-corrected chi connectivity index (χ0v) is 15.4. The van der Waals surface area contributed by atoms with Crippen molar-refractivity contribution < 1.29 is 4.79 Å². The Labute approximate surface area is 144 Å². The predicted molar refractivity (Wildman–Crippen MR) is 98.6 cm³/mol. The highest BCUT2D eigenvalue weighted by Gasteiger charge is 2.16. The Bertz CT molecular complexity index is 640. The van der Waals surface area contributed by atoms with Gasteiger partial charge in [-0.15, -0.1) is 11.8 Å². The Morgan fingerprint density at radius 2 is 1.68 bits per heavy atom. The molecule has 0 fully saturated rings. The number of anilines is 1.